The lowest BCUT2D eigenvalue weighted by Gasteiger charge is -2.10. The number of unbranched alkanes of at least 4 members (excludes halogenated alkanes) is 2. The van der Waals surface area contributed by atoms with E-state index in [-0.39, 0.29) is 11.3 Å². The number of carboxylic acid groups (broad SMARTS) is 1. The third kappa shape index (κ3) is 3.95. The Labute approximate surface area is 124 Å². The number of carboxylic acids is 1. The lowest BCUT2D eigenvalue weighted by atomic mass is 10.0. The Bertz CT molecular complexity index is 637. The summed E-state index contributed by atoms with van der Waals surface area (Å²) in [4.78, 5) is 11.4. The van der Waals surface area contributed by atoms with Crippen LogP contribution < -0.4 is 5.32 Å². The minimum absolute atomic E-state index is 0.143. The van der Waals surface area contributed by atoms with Crippen LogP contribution >= 0.6 is 0 Å². The van der Waals surface area contributed by atoms with E-state index in [1.54, 1.807) is 24.3 Å². The largest absolute Gasteiger partial charge is 0.508 e. The van der Waals surface area contributed by atoms with Gasteiger partial charge in [0.2, 0.25) is 0 Å². The topological polar surface area (TPSA) is 69.6 Å². The molecule has 0 saturated heterocycles. The molecule has 0 atom stereocenters. The smallest absolute Gasteiger partial charge is 0.336 e. The van der Waals surface area contributed by atoms with Crippen LogP contribution in [0.3, 0.4) is 0 Å². The molecule has 0 radical (unpaired) electrons. The molecule has 0 heterocycles. The minimum Gasteiger partial charge on any atom is -0.508 e. The first-order valence-corrected chi connectivity index (χ1v) is 7.31. The number of carbonyl (C=O) groups is 1. The van der Waals surface area contributed by atoms with Crippen LogP contribution in [0.1, 0.15) is 42.1 Å². The van der Waals surface area contributed by atoms with Crippen molar-refractivity contribution in [2.45, 2.75) is 32.7 Å². The molecule has 2 rings (SSSR count). The SMILES string of the molecule is CCCCCNCc1cc2ccc(O)cc2cc1C(=O)O. The van der Waals surface area contributed by atoms with Crippen LogP contribution in [-0.4, -0.2) is 22.7 Å². The Balaban J connectivity index is 2.22. The summed E-state index contributed by atoms with van der Waals surface area (Å²) in [5.74, 6) is -0.796. The molecule has 112 valence electrons. The van der Waals surface area contributed by atoms with Gasteiger partial charge in [-0.1, -0.05) is 25.8 Å². The predicted octanol–water partition coefficient (Wildman–Crippen LogP) is 3.52. The van der Waals surface area contributed by atoms with Crippen molar-refractivity contribution < 1.29 is 15.0 Å². The van der Waals surface area contributed by atoms with E-state index in [1.807, 2.05) is 6.07 Å². The van der Waals surface area contributed by atoms with E-state index < -0.39 is 5.97 Å². The van der Waals surface area contributed by atoms with Crippen molar-refractivity contribution in [3.63, 3.8) is 0 Å². The van der Waals surface area contributed by atoms with Crippen LogP contribution in [0.15, 0.2) is 30.3 Å². The average Bonchev–Trinajstić information content (AvgIpc) is 2.46. The molecule has 4 heteroatoms. The zero-order valence-corrected chi connectivity index (χ0v) is 12.2. The highest BCUT2D eigenvalue weighted by Crippen LogP contribution is 2.24. The molecule has 0 aromatic heterocycles. The van der Waals surface area contributed by atoms with Crippen molar-refractivity contribution in [3.05, 3.63) is 41.5 Å². The first-order valence-electron chi connectivity index (χ1n) is 7.31. The standard InChI is InChI=1S/C17H21NO3/c1-2-3-4-7-18-11-14-8-12-5-6-15(19)9-13(12)10-16(14)17(20)21/h5-6,8-10,18-19H,2-4,7,11H2,1H3,(H,20,21). The number of phenols is 1. The highest BCUT2D eigenvalue weighted by Gasteiger charge is 2.11. The molecule has 0 bridgehead atoms. The molecular weight excluding hydrogens is 266 g/mol. The maximum atomic E-state index is 11.4. The summed E-state index contributed by atoms with van der Waals surface area (Å²) in [6, 6.07) is 8.50. The maximum absolute atomic E-state index is 11.4. The van der Waals surface area contributed by atoms with Gasteiger partial charge in [-0.15, -0.1) is 0 Å². The number of nitrogens with one attached hydrogen (secondary N) is 1. The van der Waals surface area contributed by atoms with E-state index in [2.05, 4.69) is 12.2 Å². The number of benzene rings is 2. The Kier molecular flexibility index (Phi) is 5.17. The van der Waals surface area contributed by atoms with Crippen LogP contribution in [0, 0.1) is 0 Å². The lowest BCUT2D eigenvalue weighted by Crippen LogP contribution is -2.17. The Morgan fingerprint density at radius 1 is 1.14 bits per heavy atom. The van der Waals surface area contributed by atoms with Crippen LogP contribution in [0.4, 0.5) is 0 Å². The Hall–Kier alpha value is -2.07. The van der Waals surface area contributed by atoms with Crippen molar-refractivity contribution in [1.82, 2.24) is 5.32 Å². The number of aromatic hydroxyl groups is 1. The predicted molar refractivity (Wildman–Crippen MR) is 83.8 cm³/mol. The van der Waals surface area contributed by atoms with Gasteiger partial charge in [0.25, 0.3) is 0 Å². The number of hydrogen-bond donors (Lipinski definition) is 3. The molecule has 0 unspecified atom stereocenters. The van der Waals surface area contributed by atoms with Gasteiger partial charge in [0.15, 0.2) is 0 Å². The quantitative estimate of drug-likeness (QED) is 0.681. The highest BCUT2D eigenvalue weighted by atomic mass is 16.4. The van der Waals surface area contributed by atoms with Crippen LogP contribution in [0.25, 0.3) is 10.8 Å². The van der Waals surface area contributed by atoms with Crippen molar-refractivity contribution in [2.24, 2.45) is 0 Å². The summed E-state index contributed by atoms with van der Waals surface area (Å²) >= 11 is 0. The third-order valence-electron chi connectivity index (χ3n) is 3.55. The average molecular weight is 287 g/mol. The fraction of sp³-hybridized carbons (Fsp3) is 0.353. The Morgan fingerprint density at radius 3 is 2.67 bits per heavy atom. The van der Waals surface area contributed by atoms with Crippen molar-refractivity contribution in [1.29, 1.82) is 0 Å². The van der Waals surface area contributed by atoms with E-state index in [0.29, 0.717) is 6.54 Å². The Morgan fingerprint density at radius 2 is 1.95 bits per heavy atom. The maximum Gasteiger partial charge on any atom is 0.336 e. The fourth-order valence-corrected chi connectivity index (χ4v) is 2.40. The molecular formula is C17H21NO3. The number of hydrogen-bond acceptors (Lipinski definition) is 3. The monoisotopic (exact) mass is 287 g/mol. The first-order chi connectivity index (χ1) is 10.1. The van der Waals surface area contributed by atoms with Gasteiger partial charge in [-0.3, -0.25) is 0 Å². The van der Waals surface area contributed by atoms with E-state index in [0.717, 1.165) is 29.3 Å². The zero-order chi connectivity index (χ0) is 15.2. The molecule has 0 spiro atoms. The van der Waals surface area contributed by atoms with Crippen molar-refractivity contribution in [2.75, 3.05) is 6.54 Å². The molecule has 21 heavy (non-hydrogen) atoms. The molecule has 0 amide bonds. The van der Waals surface area contributed by atoms with Gasteiger partial charge in [-0.05, 0) is 53.6 Å². The minimum atomic E-state index is -0.939. The molecule has 3 N–H and O–H groups in total. The molecule has 2 aromatic rings. The van der Waals surface area contributed by atoms with E-state index >= 15 is 0 Å². The molecule has 0 aliphatic carbocycles. The molecule has 4 nitrogen and oxygen atoms in total. The van der Waals surface area contributed by atoms with Gasteiger partial charge < -0.3 is 15.5 Å². The number of rotatable bonds is 7. The van der Waals surface area contributed by atoms with E-state index in [4.69, 9.17) is 0 Å². The normalized spacial score (nSPS) is 10.9. The molecule has 0 aliphatic heterocycles. The third-order valence-corrected chi connectivity index (χ3v) is 3.55. The van der Waals surface area contributed by atoms with Gasteiger partial charge in [0.1, 0.15) is 5.75 Å². The van der Waals surface area contributed by atoms with Crippen molar-refractivity contribution >= 4 is 16.7 Å². The summed E-state index contributed by atoms with van der Waals surface area (Å²) in [6.07, 6.45) is 3.44. The number of fused-ring (bicyclic) bond motifs is 1. The zero-order valence-electron chi connectivity index (χ0n) is 12.2. The fourth-order valence-electron chi connectivity index (χ4n) is 2.40. The molecule has 0 saturated carbocycles. The number of phenolic OH excluding ortho intramolecular Hbond substituents is 1. The van der Waals surface area contributed by atoms with Gasteiger partial charge >= 0.3 is 5.97 Å². The summed E-state index contributed by atoms with van der Waals surface area (Å²) < 4.78 is 0. The molecule has 0 aliphatic rings. The molecule has 0 fully saturated rings. The van der Waals surface area contributed by atoms with E-state index in [1.165, 1.54) is 12.8 Å². The van der Waals surface area contributed by atoms with Gasteiger partial charge in [-0.25, -0.2) is 4.79 Å². The molecule has 2 aromatic carbocycles. The van der Waals surface area contributed by atoms with Crippen LogP contribution in [0.2, 0.25) is 0 Å². The van der Waals surface area contributed by atoms with Crippen LogP contribution in [-0.2, 0) is 6.54 Å². The number of aromatic carboxylic acids is 1. The summed E-state index contributed by atoms with van der Waals surface area (Å²) in [5.41, 5.74) is 1.06. The summed E-state index contributed by atoms with van der Waals surface area (Å²) in [7, 11) is 0. The summed E-state index contributed by atoms with van der Waals surface area (Å²) in [5, 5.41) is 23.8. The van der Waals surface area contributed by atoms with Gasteiger partial charge in [0.05, 0.1) is 5.56 Å². The first kappa shape index (κ1) is 15.3. The van der Waals surface area contributed by atoms with Gasteiger partial charge in [0, 0.05) is 6.54 Å². The van der Waals surface area contributed by atoms with E-state index in [9.17, 15) is 15.0 Å². The van der Waals surface area contributed by atoms with Crippen molar-refractivity contribution in [3.8, 4) is 5.75 Å². The van der Waals surface area contributed by atoms with Gasteiger partial charge in [-0.2, -0.15) is 0 Å². The second kappa shape index (κ2) is 7.09. The lowest BCUT2D eigenvalue weighted by molar-refractivity contribution is 0.0695. The summed E-state index contributed by atoms with van der Waals surface area (Å²) in [6.45, 7) is 3.59. The van der Waals surface area contributed by atoms with Crippen LogP contribution in [0.5, 0.6) is 5.75 Å². The second-order valence-electron chi connectivity index (χ2n) is 5.23. The highest BCUT2D eigenvalue weighted by molar-refractivity contribution is 5.96. The second-order valence-corrected chi connectivity index (χ2v) is 5.23.